The van der Waals surface area contributed by atoms with Gasteiger partial charge in [-0.2, -0.15) is 0 Å². The summed E-state index contributed by atoms with van der Waals surface area (Å²) in [6, 6.07) is 8.22. The number of amides is 1. The van der Waals surface area contributed by atoms with Crippen LogP contribution in [0.2, 0.25) is 0 Å². The molecular weight excluding hydrogens is 348 g/mol. The minimum absolute atomic E-state index is 0.160. The summed E-state index contributed by atoms with van der Waals surface area (Å²) in [6.07, 6.45) is 0. The lowest BCUT2D eigenvalue weighted by Crippen LogP contribution is -2.45. The highest BCUT2D eigenvalue weighted by Gasteiger charge is 2.36. The van der Waals surface area contributed by atoms with Crippen LogP contribution >= 0.6 is 0 Å². The summed E-state index contributed by atoms with van der Waals surface area (Å²) in [7, 11) is 0. The molecule has 1 atom stereocenters. The third-order valence-electron chi connectivity index (χ3n) is 4.40. The van der Waals surface area contributed by atoms with E-state index in [0.717, 1.165) is 44.0 Å². The van der Waals surface area contributed by atoms with Gasteiger partial charge in [0.15, 0.2) is 16.5 Å². The Morgan fingerprint density at radius 3 is 2.52 bits per heavy atom. The van der Waals surface area contributed by atoms with Crippen LogP contribution in [0.3, 0.4) is 0 Å². The Hall–Kier alpha value is -2.16. The number of benzene rings is 2. The first-order chi connectivity index (χ1) is 12.0. The SMILES string of the molecule is O=C(Nc1ccc(F)c(F)c1)c1ccc2c(c1)[S+]([O-])N1CCN2CC1. The van der Waals surface area contributed by atoms with Gasteiger partial charge < -0.3 is 14.8 Å². The number of nitrogens with zero attached hydrogens (tertiary/aromatic N) is 2. The Morgan fingerprint density at radius 1 is 1.04 bits per heavy atom. The molecule has 0 aliphatic carbocycles. The largest absolute Gasteiger partial charge is 0.593 e. The second kappa shape index (κ2) is 6.29. The Kier molecular flexibility index (Phi) is 4.10. The second-order valence-electron chi connectivity index (χ2n) is 5.93. The lowest BCUT2D eigenvalue weighted by atomic mass is 10.1. The topological polar surface area (TPSA) is 58.6 Å². The molecule has 0 aromatic heterocycles. The lowest BCUT2D eigenvalue weighted by molar-refractivity contribution is 0.102. The molecule has 5 nitrogen and oxygen atoms in total. The van der Waals surface area contributed by atoms with E-state index in [1.165, 1.54) is 6.07 Å². The van der Waals surface area contributed by atoms with Gasteiger partial charge in [0, 0.05) is 36.5 Å². The monoisotopic (exact) mass is 363 g/mol. The highest BCUT2D eigenvalue weighted by atomic mass is 32.2. The molecule has 130 valence electrons. The van der Waals surface area contributed by atoms with Crippen molar-refractivity contribution in [2.24, 2.45) is 0 Å². The van der Waals surface area contributed by atoms with E-state index in [2.05, 4.69) is 10.2 Å². The molecule has 1 saturated heterocycles. The van der Waals surface area contributed by atoms with Gasteiger partial charge in [0.05, 0.1) is 30.1 Å². The molecule has 2 aromatic carbocycles. The van der Waals surface area contributed by atoms with E-state index in [4.69, 9.17) is 0 Å². The fourth-order valence-electron chi connectivity index (χ4n) is 3.07. The molecular formula is C17H15F2N3O2S. The number of carbonyl (C=O) groups is 1. The third-order valence-corrected chi connectivity index (χ3v) is 5.94. The highest BCUT2D eigenvalue weighted by Crippen LogP contribution is 2.34. The van der Waals surface area contributed by atoms with Crippen molar-refractivity contribution in [2.75, 3.05) is 36.4 Å². The van der Waals surface area contributed by atoms with Crippen LogP contribution in [-0.2, 0) is 11.4 Å². The van der Waals surface area contributed by atoms with Gasteiger partial charge in [0.25, 0.3) is 5.91 Å². The molecule has 1 N–H and O–H groups in total. The third kappa shape index (κ3) is 2.97. The number of hydrogen-bond acceptors (Lipinski definition) is 4. The van der Waals surface area contributed by atoms with Crippen LogP contribution in [0, 0.1) is 11.6 Å². The van der Waals surface area contributed by atoms with Crippen LogP contribution < -0.4 is 10.2 Å². The Labute approximate surface area is 146 Å². The molecule has 2 bridgehead atoms. The molecule has 8 heteroatoms. The number of fused-ring (bicyclic) bond motifs is 2. The van der Waals surface area contributed by atoms with Crippen molar-refractivity contribution in [1.82, 2.24) is 4.31 Å². The average Bonchev–Trinajstić information content (AvgIpc) is 2.84. The Morgan fingerprint density at radius 2 is 1.80 bits per heavy atom. The van der Waals surface area contributed by atoms with Crippen molar-refractivity contribution in [2.45, 2.75) is 4.90 Å². The van der Waals surface area contributed by atoms with Gasteiger partial charge >= 0.3 is 0 Å². The molecule has 3 heterocycles. The minimum atomic E-state index is -1.31. The molecule has 3 aliphatic heterocycles. The van der Waals surface area contributed by atoms with Crippen LogP contribution in [0.25, 0.3) is 0 Å². The Balaban J connectivity index is 1.62. The number of hydrogen-bond donors (Lipinski definition) is 1. The first-order valence-corrected chi connectivity index (χ1v) is 8.96. The standard InChI is InChI=1S/C17H15F2N3O2S/c18-13-3-2-12(10-14(13)19)20-17(23)11-1-4-15-16(9-11)25(24)22-7-5-21(15)6-8-22/h1-4,9-10H,5-8H2,(H,20,23). The summed E-state index contributed by atoms with van der Waals surface area (Å²) in [5, 5.41) is 2.53. The van der Waals surface area contributed by atoms with Gasteiger partial charge in [0.2, 0.25) is 0 Å². The number of anilines is 2. The van der Waals surface area contributed by atoms with Gasteiger partial charge in [-0.3, -0.25) is 4.79 Å². The first-order valence-electron chi connectivity index (χ1n) is 7.85. The smallest absolute Gasteiger partial charge is 0.255 e. The zero-order valence-electron chi connectivity index (χ0n) is 13.2. The summed E-state index contributed by atoms with van der Waals surface area (Å²) in [6.45, 7) is 3.05. The van der Waals surface area contributed by atoms with Crippen molar-refractivity contribution in [3.63, 3.8) is 0 Å². The molecule has 0 radical (unpaired) electrons. The zero-order valence-corrected chi connectivity index (χ0v) is 14.0. The summed E-state index contributed by atoms with van der Waals surface area (Å²) in [4.78, 5) is 15.2. The number of nitrogens with one attached hydrogen (secondary N) is 1. The highest BCUT2D eigenvalue weighted by molar-refractivity contribution is 7.89. The summed E-state index contributed by atoms with van der Waals surface area (Å²) in [5.74, 6) is -2.47. The van der Waals surface area contributed by atoms with Gasteiger partial charge in [-0.1, -0.05) is 0 Å². The van der Waals surface area contributed by atoms with Gasteiger partial charge in [-0.25, -0.2) is 8.78 Å². The molecule has 1 unspecified atom stereocenters. The number of halogens is 2. The fourth-order valence-corrected chi connectivity index (χ4v) is 4.44. The second-order valence-corrected chi connectivity index (χ2v) is 7.39. The predicted molar refractivity (Wildman–Crippen MR) is 90.9 cm³/mol. The van der Waals surface area contributed by atoms with E-state index >= 15 is 0 Å². The molecule has 1 amide bonds. The van der Waals surface area contributed by atoms with E-state index in [0.29, 0.717) is 10.5 Å². The molecule has 3 aliphatic rings. The van der Waals surface area contributed by atoms with Crippen LogP contribution in [-0.4, -0.2) is 40.9 Å². The average molecular weight is 363 g/mol. The van der Waals surface area contributed by atoms with Gasteiger partial charge in [-0.05, 0) is 24.3 Å². The number of rotatable bonds is 2. The van der Waals surface area contributed by atoms with Gasteiger partial charge in [0.1, 0.15) is 0 Å². The molecule has 1 fully saturated rings. The summed E-state index contributed by atoms with van der Waals surface area (Å²) >= 11 is -1.31. The van der Waals surface area contributed by atoms with E-state index < -0.39 is 28.9 Å². The lowest BCUT2D eigenvalue weighted by Gasteiger charge is -2.28. The number of piperazine rings is 1. The van der Waals surface area contributed by atoms with Crippen molar-refractivity contribution < 1.29 is 18.1 Å². The van der Waals surface area contributed by atoms with E-state index in [1.807, 2.05) is 4.31 Å². The maximum absolute atomic E-state index is 13.3. The fraction of sp³-hybridized carbons (Fsp3) is 0.235. The number of carbonyl (C=O) groups excluding carboxylic acids is 1. The zero-order chi connectivity index (χ0) is 17.6. The van der Waals surface area contributed by atoms with Crippen LogP contribution in [0.4, 0.5) is 20.2 Å². The molecule has 0 saturated carbocycles. The van der Waals surface area contributed by atoms with Crippen LogP contribution in [0.1, 0.15) is 10.4 Å². The maximum Gasteiger partial charge on any atom is 0.255 e. The van der Waals surface area contributed by atoms with E-state index in [9.17, 15) is 18.1 Å². The minimum Gasteiger partial charge on any atom is -0.593 e. The first kappa shape index (κ1) is 16.3. The Bertz CT molecular complexity index is 841. The predicted octanol–water partition coefficient (Wildman–Crippen LogP) is 2.38. The molecule has 25 heavy (non-hydrogen) atoms. The van der Waals surface area contributed by atoms with Crippen LogP contribution in [0.15, 0.2) is 41.3 Å². The van der Waals surface area contributed by atoms with Crippen molar-refractivity contribution in [3.05, 3.63) is 53.6 Å². The van der Waals surface area contributed by atoms with Gasteiger partial charge in [-0.15, -0.1) is 4.31 Å². The quantitative estimate of drug-likeness (QED) is 0.833. The summed E-state index contributed by atoms with van der Waals surface area (Å²) in [5.41, 5.74) is 1.36. The normalized spacial score (nSPS) is 21.6. The molecule has 0 spiro atoms. The maximum atomic E-state index is 13.3. The van der Waals surface area contributed by atoms with E-state index in [1.54, 1.807) is 18.2 Å². The molecule has 5 rings (SSSR count). The van der Waals surface area contributed by atoms with E-state index in [-0.39, 0.29) is 5.69 Å². The van der Waals surface area contributed by atoms with Crippen LogP contribution in [0.5, 0.6) is 0 Å². The summed E-state index contributed by atoms with van der Waals surface area (Å²) < 4.78 is 40.8. The van der Waals surface area contributed by atoms with Crippen molar-refractivity contribution >= 4 is 28.6 Å². The van der Waals surface area contributed by atoms with Crippen molar-refractivity contribution in [3.8, 4) is 0 Å². The van der Waals surface area contributed by atoms with Crippen molar-refractivity contribution in [1.29, 1.82) is 0 Å². The molecule has 2 aromatic rings.